The van der Waals surface area contributed by atoms with Crippen molar-refractivity contribution < 1.29 is 42.3 Å². The summed E-state index contributed by atoms with van der Waals surface area (Å²) < 4.78 is 21.6. The summed E-state index contributed by atoms with van der Waals surface area (Å²) in [4.78, 5) is 38.9. The highest BCUT2D eigenvalue weighted by atomic mass is 31.1. The van der Waals surface area contributed by atoms with Crippen molar-refractivity contribution in [2.24, 2.45) is 0 Å². The first-order valence-corrected chi connectivity index (χ1v) is 6.83. The fraction of sp³-hybridized carbons (Fsp3) is 0. The Hall–Kier alpha value is -3.07. The van der Waals surface area contributed by atoms with Gasteiger partial charge in [0.25, 0.3) is 0 Å². The van der Waals surface area contributed by atoms with Crippen molar-refractivity contribution in [3.05, 3.63) is 49.6 Å². The van der Waals surface area contributed by atoms with Crippen molar-refractivity contribution in [3.63, 3.8) is 0 Å². The van der Waals surface area contributed by atoms with Crippen LogP contribution in [0.2, 0.25) is 0 Å². The topological polar surface area (TPSA) is 122 Å². The van der Waals surface area contributed by atoms with E-state index < -0.39 is 20.6 Å². The molecule has 0 bridgehead atoms. The molecule has 0 aliphatic heterocycles. The van der Waals surface area contributed by atoms with Gasteiger partial charge in [0, 0.05) is 12.1 Å². The first kappa shape index (κ1) is 15.3. The fourth-order valence-corrected chi connectivity index (χ4v) is 1.49. The van der Waals surface area contributed by atoms with Crippen LogP contribution in [0, 0.1) is 0 Å². The van der Waals surface area contributed by atoms with Gasteiger partial charge >= 0.3 is 33.2 Å². The molecule has 0 aromatic carbocycles. The molecule has 2 aromatic rings. The van der Waals surface area contributed by atoms with Crippen LogP contribution in [0.25, 0.3) is 0 Å². The quantitative estimate of drug-likeness (QED) is 0.528. The second-order valence-corrected chi connectivity index (χ2v) is 4.27. The molecule has 0 saturated heterocycles. The van der Waals surface area contributed by atoms with E-state index in [4.69, 9.17) is 0 Å². The first-order valence-electron chi connectivity index (χ1n) is 5.60. The Morgan fingerprint density at radius 1 is 0.864 bits per heavy atom. The minimum Gasteiger partial charge on any atom is -0.349 e. The van der Waals surface area contributed by atoms with Gasteiger partial charge in [-0.1, -0.05) is 9.97 Å². The van der Waals surface area contributed by atoms with Gasteiger partial charge in [-0.25, -0.2) is 14.2 Å². The number of aromatic nitrogens is 4. The van der Waals surface area contributed by atoms with E-state index in [0.29, 0.717) is 0 Å². The van der Waals surface area contributed by atoms with E-state index >= 15 is 0 Å². The largest absolute Gasteiger partial charge is 0.559 e. The van der Waals surface area contributed by atoms with Gasteiger partial charge in [-0.3, -0.25) is 0 Å². The lowest BCUT2D eigenvalue weighted by Crippen LogP contribution is -2.46. The number of nitrogens with zero attached hydrogens (tertiary/aromatic N) is 4. The van der Waals surface area contributed by atoms with Crippen LogP contribution in [0.15, 0.2) is 49.6 Å². The van der Waals surface area contributed by atoms with Crippen LogP contribution in [0.5, 0.6) is 0 Å². The molecule has 22 heavy (non-hydrogen) atoms. The van der Waals surface area contributed by atoms with E-state index in [1.165, 1.54) is 36.9 Å². The molecule has 2 heterocycles. The zero-order valence-corrected chi connectivity index (χ0v) is 11.8. The van der Waals surface area contributed by atoms with Crippen molar-refractivity contribution >= 4 is 20.6 Å². The number of carbonyl (C=O) groups is 2. The lowest BCUT2D eigenvalue weighted by atomic mass is 10.7. The summed E-state index contributed by atoms with van der Waals surface area (Å²) in [6.07, 6.45) is 5.22. The molecule has 12 heteroatoms. The molecule has 0 aliphatic rings. The third kappa shape index (κ3) is 5.13. The van der Waals surface area contributed by atoms with Crippen LogP contribution in [0.1, 0.15) is 0 Å². The Balaban J connectivity index is 1.77. The molecule has 0 saturated carbocycles. The number of carbonyl (C=O) groups excluding carboxylic acids is 2. The third-order valence-electron chi connectivity index (χ3n) is 1.86. The van der Waals surface area contributed by atoms with Gasteiger partial charge in [0.15, 0.2) is 0 Å². The van der Waals surface area contributed by atoms with Crippen molar-refractivity contribution in [1.29, 1.82) is 0 Å². The predicted octanol–water partition coefficient (Wildman–Crippen LogP) is -0.728. The Kier molecular flexibility index (Phi) is 5.32. The van der Waals surface area contributed by atoms with Crippen LogP contribution in [-0.4, -0.2) is 22.3 Å². The highest BCUT2D eigenvalue weighted by Crippen LogP contribution is 2.23. The standard InChI is InChI=1S/C10H9N4O7P/c15-9(18-13-5-1-3-11-7-13)20-22(17)21-10(16)19-14-6-2-4-12-8-14/h1-8,22H/q+2. The Labute approximate surface area is 123 Å². The van der Waals surface area contributed by atoms with E-state index in [2.05, 4.69) is 28.7 Å². The fourth-order valence-electron chi connectivity index (χ4n) is 1.11. The normalized spacial score (nSPS) is 9.86. The van der Waals surface area contributed by atoms with E-state index in [9.17, 15) is 14.2 Å². The maximum Gasteiger partial charge on any atom is 0.559 e. The Morgan fingerprint density at radius 3 is 1.68 bits per heavy atom. The van der Waals surface area contributed by atoms with Crippen molar-refractivity contribution in [3.8, 4) is 0 Å². The molecular weight excluding hydrogens is 319 g/mol. The SMILES string of the molecule is O=C(O[n+]1cccnc1)O[PH](=O)OC(=O)O[n+]1cccnc1. The molecule has 2 rings (SSSR count). The third-order valence-corrected chi connectivity index (χ3v) is 2.53. The summed E-state index contributed by atoms with van der Waals surface area (Å²) in [5.41, 5.74) is 0. The maximum atomic E-state index is 11.3. The zero-order valence-electron chi connectivity index (χ0n) is 10.8. The minimum absolute atomic E-state index is 0.904. The van der Waals surface area contributed by atoms with Gasteiger partial charge in [0.05, 0.1) is 0 Å². The van der Waals surface area contributed by atoms with E-state index in [-0.39, 0.29) is 0 Å². The summed E-state index contributed by atoms with van der Waals surface area (Å²) in [5.74, 6) is 0. The number of hydrogen-bond acceptors (Lipinski definition) is 9. The zero-order chi connectivity index (χ0) is 15.8. The van der Waals surface area contributed by atoms with Gasteiger partial charge in [-0.05, 0) is 9.46 Å². The summed E-state index contributed by atoms with van der Waals surface area (Å²) in [7, 11) is -3.49. The monoisotopic (exact) mass is 328 g/mol. The second-order valence-electron chi connectivity index (χ2n) is 3.37. The van der Waals surface area contributed by atoms with Crippen LogP contribution < -0.4 is 19.1 Å². The summed E-state index contributed by atoms with van der Waals surface area (Å²) >= 11 is 0. The van der Waals surface area contributed by atoms with Crippen LogP contribution >= 0.6 is 8.25 Å². The lowest BCUT2D eigenvalue weighted by molar-refractivity contribution is -0.872. The van der Waals surface area contributed by atoms with Crippen LogP contribution in [-0.2, 0) is 13.6 Å². The predicted molar refractivity (Wildman–Crippen MR) is 64.0 cm³/mol. The van der Waals surface area contributed by atoms with Gasteiger partial charge < -0.3 is 9.05 Å². The molecular formula is C10H9N4O7P+2. The Bertz CT molecular complexity index is 612. The van der Waals surface area contributed by atoms with Crippen LogP contribution in [0.3, 0.4) is 0 Å². The average molecular weight is 328 g/mol. The molecule has 0 atom stereocenters. The van der Waals surface area contributed by atoms with Crippen LogP contribution in [0.4, 0.5) is 9.59 Å². The summed E-state index contributed by atoms with van der Waals surface area (Å²) in [5, 5.41) is 0. The van der Waals surface area contributed by atoms with Gasteiger partial charge in [-0.2, -0.15) is 9.59 Å². The molecule has 0 unspecified atom stereocenters. The van der Waals surface area contributed by atoms with E-state index in [0.717, 1.165) is 22.1 Å². The van der Waals surface area contributed by atoms with Crippen molar-refractivity contribution in [2.75, 3.05) is 0 Å². The second kappa shape index (κ2) is 7.64. The van der Waals surface area contributed by atoms with Crippen molar-refractivity contribution in [1.82, 2.24) is 9.97 Å². The highest BCUT2D eigenvalue weighted by molar-refractivity contribution is 7.34. The molecule has 0 N–H and O–H groups in total. The molecule has 114 valence electrons. The molecule has 11 nitrogen and oxygen atoms in total. The molecule has 0 fully saturated rings. The molecule has 0 spiro atoms. The summed E-state index contributed by atoms with van der Waals surface area (Å²) in [6, 6.07) is 2.96. The highest BCUT2D eigenvalue weighted by Gasteiger charge is 2.19. The molecule has 0 radical (unpaired) electrons. The Morgan fingerprint density at radius 2 is 1.32 bits per heavy atom. The van der Waals surface area contributed by atoms with E-state index in [1.54, 1.807) is 0 Å². The smallest absolute Gasteiger partial charge is 0.349 e. The lowest BCUT2D eigenvalue weighted by Gasteiger charge is -2.03. The summed E-state index contributed by atoms with van der Waals surface area (Å²) in [6.45, 7) is 0. The minimum atomic E-state index is -3.49. The number of hydrogen-bond donors (Lipinski definition) is 0. The van der Waals surface area contributed by atoms with Gasteiger partial charge in [-0.15, -0.1) is 0 Å². The van der Waals surface area contributed by atoms with Crippen molar-refractivity contribution in [2.45, 2.75) is 0 Å². The van der Waals surface area contributed by atoms with E-state index in [1.807, 2.05) is 0 Å². The number of rotatable bonds is 4. The molecule has 0 aliphatic carbocycles. The first-order chi connectivity index (χ1) is 10.6. The maximum absolute atomic E-state index is 11.3. The molecule has 0 amide bonds. The van der Waals surface area contributed by atoms with Gasteiger partial charge in [0.1, 0.15) is 24.8 Å². The molecule has 2 aromatic heterocycles. The average Bonchev–Trinajstić information content (AvgIpc) is 2.48. The van der Waals surface area contributed by atoms with Gasteiger partial charge in [0.2, 0.25) is 0 Å².